The Morgan fingerprint density at radius 2 is 1.96 bits per heavy atom. The summed E-state index contributed by atoms with van der Waals surface area (Å²) >= 11 is 0. The number of hydrogen-bond acceptors (Lipinski definition) is 6. The first-order valence-electron chi connectivity index (χ1n) is 8.26. The number of benzene rings is 1. The van der Waals surface area contributed by atoms with Crippen molar-refractivity contribution < 1.29 is 19.4 Å². The molecule has 1 heterocycles. The first-order chi connectivity index (χ1) is 11.8. The van der Waals surface area contributed by atoms with E-state index in [1.165, 1.54) is 7.11 Å². The molecule has 0 spiro atoms. The van der Waals surface area contributed by atoms with E-state index in [-0.39, 0.29) is 12.5 Å². The third-order valence-corrected chi connectivity index (χ3v) is 3.98. The largest absolute Gasteiger partial charge is 0.493 e. The van der Waals surface area contributed by atoms with Gasteiger partial charge in [-0.15, -0.1) is 0 Å². The molecule has 0 atom stereocenters. The average Bonchev–Trinajstić information content (AvgIpc) is 2.58. The van der Waals surface area contributed by atoms with Gasteiger partial charge >= 0.3 is 0 Å². The molecule has 25 heavy (non-hydrogen) atoms. The topological polar surface area (TPSA) is 86.0 Å². The Labute approximate surface area is 148 Å². The summed E-state index contributed by atoms with van der Waals surface area (Å²) in [6, 6.07) is 6.86. The maximum atomic E-state index is 12.3. The summed E-state index contributed by atoms with van der Waals surface area (Å²) < 4.78 is 10.8. The molecule has 0 saturated carbocycles. The molecular weight excluding hydrogens is 322 g/mol. The number of rotatable bonds is 6. The number of ether oxygens (including phenoxy) is 2. The highest BCUT2D eigenvalue weighted by atomic mass is 16.5. The van der Waals surface area contributed by atoms with Gasteiger partial charge in [0.1, 0.15) is 0 Å². The van der Waals surface area contributed by atoms with Gasteiger partial charge in [-0.1, -0.05) is 0 Å². The fourth-order valence-electron chi connectivity index (χ4n) is 2.79. The molecule has 0 aliphatic carbocycles. The second-order valence-corrected chi connectivity index (χ2v) is 6.74. The Kier molecular flexibility index (Phi) is 6.23. The first-order valence-corrected chi connectivity index (χ1v) is 8.26. The minimum atomic E-state index is -0.735. The quantitative estimate of drug-likeness (QED) is 0.821. The summed E-state index contributed by atoms with van der Waals surface area (Å²) in [7, 11) is 1.49. The fraction of sp³-hybridized carbons (Fsp3) is 0.556. The van der Waals surface area contributed by atoms with Gasteiger partial charge in [0.05, 0.1) is 24.3 Å². The zero-order chi connectivity index (χ0) is 18.4. The molecule has 7 nitrogen and oxygen atoms in total. The van der Waals surface area contributed by atoms with Crippen LogP contribution in [-0.4, -0.2) is 72.9 Å². The van der Waals surface area contributed by atoms with Gasteiger partial charge in [-0.25, -0.2) is 0 Å². The van der Waals surface area contributed by atoms with E-state index in [2.05, 4.69) is 4.90 Å². The van der Waals surface area contributed by atoms with Crippen LogP contribution in [0.3, 0.4) is 0 Å². The first kappa shape index (κ1) is 19.0. The van der Waals surface area contributed by atoms with Gasteiger partial charge in [0.25, 0.3) is 5.91 Å². The van der Waals surface area contributed by atoms with Crippen LogP contribution in [0.2, 0.25) is 0 Å². The molecule has 7 heteroatoms. The number of carbonyl (C=O) groups is 1. The highest BCUT2D eigenvalue weighted by Gasteiger charge is 2.25. The number of amides is 1. The summed E-state index contributed by atoms with van der Waals surface area (Å²) in [6.45, 7) is 6.77. The van der Waals surface area contributed by atoms with Gasteiger partial charge in [-0.05, 0) is 26.0 Å². The number of piperazine rings is 1. The number of hydrogen-bond donors (Lipinski definition) is 1. The minimum absolute atomic E-state index is 0.0756. The van der Waals surface area contributed by atoms with Crippen molar-refractivity contribution in [2.45, 2.75) is 19.4 Å². The Morgan fingerprint density at radius 3 is 2.52 bits per heavy atom. The summed E-state index contributed by atoms with van der Waals surface area (Å²) in [6.07, 6.45) is 0. The van der Waals surface area contributed by atoms with E-state index < -0.39 is 5.60 Å². The maximum Gasteiger partial charge on any atom is 0.260 e. The van der Waals surface area contributed by atoms with Gasteiger partial charge < -0.3 is 19.5 Å². The number of nitrogens with zero attached hydrogens (tertiary/aromatic N) is 3. The van der Waals surface area contributed by atoms with Crippen molar-refractivity contribution in [2.24, 2.45) is 0 Å². The summed E-state index contributed by atoms with van der Waals surface area (Å²) in [4.78, 5) is 16.2. The van der Waals surface area contributed by atoms with Crippen LogP contribution in [0.4, 0.5) is 0 Å². The molecule has 1 aromatic carbocycles. The van der Waals surface area contributed by atoms with Crippen molar-refractivity contribution in [3.63, 3.8) is 0 Å². The molecule has 1 saturated heterocycles. The maximum absolute atomic E-state index is 12.3. The van der Waals surface area contributed by atoms with E-state index >= 15 is 0 Å². The van der Waals surface area contributed by atoms with Crippen LogP contribution in [0.25, 0.3) is 0 Å². The predicted molar refractivity (Wildman–Crippen MR) is 92.5 cm³/mol. The number of β-amino-alcohol motifs (C(OH)–C–C–N with tert-alkyl or cyclic N) is 1. The normalized spacial score (nSPS) is 15.6. The minimum Gasteiger partial charge on any atom is -0.493 e. The number of nitriles is 1. The second-order valence-electron chi connectivity index (χ2n) is 6.74. The summed E-state index contributed by atoms with van der Waals surface area (Å²) in [5, 5.41) is 18.8. The van der Waals surface area contributed by atoms with Crippen molar-refractivity contribution in [3.05, 3.63) is 23.8 Å². The molecule has 1 amide bonds. The van der Waals surface area contributed by atoms with Gasteiger partial charge in [0, 0.05) is 38.8 Å². The lowest BCUT2D eigenvalue weighted by atomic mass is 10.1. The van der Waals surface area contributed by atoms with E-state index in [0.717, 1.165) is 13.1 Å². The fourth-order valence-corrected chi connectivity index (χ4v) is 2.79. The molecule has 136 valence electrons. The van der Waals surface area contributed by atoms with Gasteiger partial charge in [-0.3, -0.25) is 9.69 Å². The third-order valence-electron chi connectivity index (χ3n) is 3.98. The highest BCUT2D eigenvalue weighted by Crippen LogP contribution is 2.27. The Morgan fingerprint density at radius 1 is 1.28 bits per heavy atom. The monoisotopic (exact) mass is 347 g/mol. The molecule has 1 aliphatic heterocycles. The Hall–Kier alpha value is -2.30. The van der Waals surface area contributed by atoms with Gasteiger partial charge in [0.2, 0.25) is 0 Å². The zero-order valence-corrected chi connectivity index (χ0v) is 15.0. The molecule has 0 aromatic heterocycles. The van der Waals surface area contributed by atoms with Crippen molar-refractivity contribution in [1.82, 2.24) is 9.80 Å². The molecule has 2 rings (SSSR count). The Balaban J connectivity index is 1.85. The molecular formula is C18H25N3O4. The lowest BCUT2D eigenvalue weighted by molar-refractivity contribution is -0.135. The van der Waals surface area contributed by atoms with Crippen LogP contribution in [0.5, 0.6) is 11.5 Å². The lowest BCUT2D eigenvalue weighted by Gasteiger charge is -2.37. The zero-order valence-electron chi connectivity index (χ0n) is 15.0. The molecule has 1 fully saturated rings. The van der Waals surface area contributed by atoms with Crippen molar-refractivity contribution in [2.75, 3.05) is 46.4 Å². The van der Waals surface area contributed by atoms with Crippen LogP contribution in [-0.2, 0) is 4.79 Å². The van der Waals surface area contributed by atoms with Gasteiger partial charge in [0.15, 0.2) is 18.1 Å². The number of aliphatic hydroxyl groups is 1. The van der Waals surface area contributed by atoms with Crippen molar-refractivity contribution in [3.8, 4) is 17.6 Å². The van der Waals surface area contributed by atoms with Crippen molar-refractivity contribution >= 4 is 5.91 Å². The van der Waals surface area contributed by atoms with E-state index in [1.807, 2.05) is 6.07 Å². The summed E-state index contributed by atoms with van der Waals surface area (Å²) in [5.41, 5.74) is -0.264. The highest BCUT2D eigenvalue weighted by molar-refractivity contribution is 5.78. The predicted octanol–water partition coefficient (Wildman–Crippen LogP) is 0.861. The molecule has 0 bridgehead atoms. The van der Waals surface area contributed by atoms with Crippen molar-refractivity contribution in [1.29, 1.82) is 5.26 Å². The van der Waals surface area contributed by atoms with Gasteiger partial charge in [-0.2, -0.15) is 5.26 Å². The van der Waals surface area contributed by atoms with E-state index in [1.54, 1.807) is 36.9 Å². The standard InChI is InChI=1S/C18H25N3O4/c1-18(2,23)13-20-6-8-21(9-7-20)17(22)12-25-15-5-4-14(11-19)10-16(15)24-3/h4-5,10,23H,6-9,12-13H2,1-3H3. The second kappa shape index (κ2) is 8.19. The summed E-state index contributed by atoms with van der Waals surface area (Å²) in [5.74, 6) is 0.784. The number of carbonyl (C=O) groups excluding carboxylic acids is 1. The molecule has 0 unspecified atom stereocenters. The smallest absolute Gasteiger partial charge is 0.260 e. The third kappa shape index (κ3) is 5.62. The Bertz CT molecular complexity index is 641. The van der Waals surface area contributed by atoms with Crippen LogP contribution < -0.4 is 9.47 Å². The van der Waals surface area contributed by atoms with Crippen LogP contribution in [0.15, 0.2) is 18.2 Å². The number of methoxy groups -OCH3 is 1. The van der Waals surface area contributed by atoms with E-state index in [4.69, 9.17) is 14.7 Å². The molecule has 1 N–H and O–H groups in total. The average molecular weight is 347 g/mol. The van der Waals surface area contributed by atoms with E-state index in [9.17, 15) is 9.90 Å². The van der Waals surface area contributed by atoms with Crippen LogP contribution >= 0.6 is 0 Å². The van der Waals surface area contributed by atoms with Crippen LogP contribution in [0, 0.1) is 11.3 Å². The SMILES string of the molecule is COc1cc(C#N)ccc1OCC(=O)N1CCN(CC(C)(C)O)CC1. The molecule has 0 radical (unpaired) electrons. The molecule has 1 aliphatic rings. The van der Waals surface area contributed by atoms with Crippen LogP contribution in [0.1, 0.15) is 19.4 Å². The molecule has 1 aromatic rings. The van der Waals surface area contributed by atoms with E-state index in [0.29, 0.717) is 36.7 Å². The lowest BCUT2D eigenvalue weighted by Crippen LogP contribution is -2.52.